The summed E-state index contributed by atoms with van der Waals surface area (Å²) >= 11 is 0. The molecule has 1 amide bonds. The lowest BCUT2D eigenvalue weighted by molar-refractivity contribution is -0.125. The average molecular weight is 299 g/mol. The average Bonchev–Trinajstić information content (AvgIpc) is 3.05. The molecule has 0 aliphatic heterocycles. The molecule has 2 rings (SSSR count). The summed E-state index contributed by atoms with van der Waals surface area (Å²) in [5, 5.41) is 0. The van der Waals surface area contributed by atoms with Gasteiger partial charge in [0.05, 0.1) is 18.9 Å². The maximum Gasteiger partial charge on any atom is 0.338 e. The first-order valence-corrected chi connectivity index (χ1v) is 6.74. The number of amides is 1. The highest BCUT2D eigenvalue weighted by Crippen LogP contribution is 2.13. The van der Waals surface area contributed by atoms with Gasteiger partial charge in [-0.15, -0.1) is 0 Å². The monoisotopic (exact) mass is 299 g/mol. The van der Waals surface area contributed by atoms with E-state index in [0.29, 0.717) is 17.9 Å². The summed E-state index contributed by atoms with van der Waals surface area (Å²) in [5.41, 5.74) is 1.19. The third kappa shape index (κ3) is 3.85. The molecule has 0 saturated heterocycles. The fraction of sp³-hybridized carbons (Fsp3) is 0.176. The molecule has 1 heterocycles. The zero-order chi connectivity index (χ0) is 15.9. The standard InChI is InChI=1S/C17H17NO4/c1-18(16(19)10-9-14-7-5-11-22-14)12-13-6-3-4-8-15(13)17(20)21-2/h3-11H,12H2,1-2H3/b10-9-. The van der Waals surface area contributed by atoms with Crippen LogP contribution in [-0.4, -0.2) is 30.9 Å². The van der Waals surface area contributed by atoms with Gasteiger partial charge in [0.25, 0.3) is 0 Å². The molecule has 0 spiro atoms. The molecule has 0 fully saturated rings. The molecule has 0 saturated carbocycles. The van der Waals surface area contributed by atoms with Gasteiger partial charge in [0.15, 0.2) is 0 Å². The number of hydrogen-bond acceptors (Lipinski definition) is 4. The second kappa shape index (κ2) is 7.26. The second-order valence-corrected chi connectivity index (χ2v) is 4.69. The van der Waals surface area contributed by atoms with Gasteiger partial charge >= 0.3 is 5.97 Å². The molecular weight excluding hydrogens is 282 g/mol. The van der Waals surface area contributed by atoms with Crippen LogP contribution >= 0.6 is 0 Å². The summed E-state index contributed by atoms with van der Waals surface area (Å²) in [4.78, 5) is 25.3. The second-order valence-electron chi connectivity index (χ2n) is 4.69. The predicted molar refractivity (Wildman–Crippen MR) is 82.0 cm³/mol. The van der Waals surface area contributed by atoms with E-state index in [-0.39, 0.29) is 5.91 Å². The van der Waals surface area contributed by atoms with E-state index in [0.717, 1.165) is 5.56 Å². The number of carbonyl (C=O) groups excluding carboxylic acids is 2. The van der Waals surface area contributed by atoms with Gasteiger partial charge in [-0.1, -0.05) is 18.2 Å². The zero-order valence-corrected chi connectivity index (χ0v) is 12.5. The third-order valence-electron chi connectivity index (χ3n) is 3.14. The Bertz CT molecular complexity index is 674. The smallest absolute Gasteiger partial charge is 0.338 e. The highest BCUT2D eigenvalue weighted by Gasteiger charge is 2.14. The first-order valence-electron chi connectivity index (χ1n) is 6.74. The first-order chi connectivity index (χ1) is 10.6. The lowest BCUT2D eigenvalue weighted by Gasteiger charge is -2.17. The number of benzene rings is 1. The molecule has 0 unspecified atom stereocenters. The Balaban J connectivity index is 2.07. The van der Waals surface area contributed by atoms with Crippen molar-refractivity contribution in [3.8, 4) is 0 Å². The fourth-order valence-electron chi connectivity index (χ4n) is 1.97. The minimum atomic E-state index is -0.414. The highest BCUT2D eigenvalue weighted by molar-refractivity contribution is 5.93. The van der Waals surface area contributed by atoms with Crippen molar-refractivity contribution in [2.24, 2.45) is 0 Å². The van der Waals surface area contributed by atoms with Gasteiger partial charge in [-0.2, -0.15) is 0 Å². The zero-order valence-electron chi connectivity index (χ0n) is 12.5. The van der Waals surface area contributed by atoms with Crippen LogP contribution in [0.2, 0.25) is 0 Å². The number of ether oxygens (including phenoxy) is 1. The molecule has 0 bridgehead atoms. The van der Waals surface area contributed by atoms with Crippen LogP contribution < -0.4 is 0 Å². The van der Waals surface area contributed by atoms with Crippen molar-refractivity contribution in [3.05, 3.63) is 65.6 Å². The number of rotatable bonds is 5. The largest absolute Gasteiger partial charge is 0.465 e. The molecule has 5 heteroatoms. The minimum Gasteiger partial charge on any atom is -0.465 e. The molecule has 0 radical (unpaired) electrons. The number of carbonyl (C=O) groups is 2. The molecule has 0 aliphatic carbocycles. The van der Waals surface area contributed by atoms with Gasteiger partial charge in [0, 0.05) is 19.7 Å². The number of furan rings is 1. The Kier molecular flexibility index (Phi) is 5.14. The summed E-state index contributed by atoms with van der Waals surface area (Å²) in [6.45, 7) is 0.312. The van der Waals surface area contributed by atoms with E-state index in [2.05, 4.69) is 0 Å². The van der Waals surface area contributed by atoms with Crippen LogP contribution in [0.3, 0.4) is 0 Å². The van der Waals surface area contributed by atoms with E-state index in [9.17, 15) is 9.59 Å². The molecule has 2 aromatic rings. The summed E-state index contributed by atoms with van der Waals surface area (Å²) < 4.78 is 9.87. The van der Waals surface area contributed by atoms with Crippen molar-refractivity contribution < 1.29 is 18.7 Å². The number of hydrogen-bond donors (Lipinski definition) is 0. The Morgan fingerprint density at radius 3 is 2.68 bits per heavy atom. The van der Waals surface area contributed by atoms with E-state index >= 15 is 0 Å². The van der Waals surface area contributed by atoms with E-state index in [1.807, 2.05) is 6.07 Å². The number of methoxy groups -OCH3 is 1. The number of nitrogens with zero attached hydrogens (tertiary/aromatic N) is 1. The summed E-state index contributed by atoms with van der Waals surface area (Å²) in [7, 11) is 3.00. The van der Waals surface area contributed by atoms with Gasteiger partial charge < -0.3 is 14.1 Å². The minimum absolute atomic E-state index is 0.184. The molecule has 0 N–H and O–H groups in total. The predicted octanol–water partition coefficient (Wildman–Crippen LogP) is 2.74. The first kappa shape index (κ1) is 15.6. The van der Waals surface area contributed by atoms with E-state index in [4.69, 9.17) is 9.15 Å². The molecule has 1 aromatic carbocycles. The van der Waals surface area contributed by atoms with Gasteiger partial charge in [-0.05, 0) is 29.8 Å². The van der Waals surface area contributed by atoms with Crippen LogP contribution in [0.4, 0.5) is 0 Å². The van der Waals surface area contributed by atoms with Crippen molar-refractivity contribution >= 4 is 18.0 Å². The normalized spacial score (nSPS) is 10.6. The van der Waals surface area contributed by atoms with Crippen LogP contribution in [-0.2, 0) is 16.1 Å². The lowest BCUT2D eigenvalue weighted by Crippen LogP contribution is -2.25. The Labute approximate surface area is 128 Å². The molecule has 0 aliphatic rings. The molecule has 22 heavy (non-hydrogen) atoms. The van der Waals surface area contributed by atoms with E-state index < -0.39 is 5.97 Å². The lowest BCUT2D eigenvalue weighted by atomic mass is 10.1. The Morgan fingerprint density at radius 1 is 1.23 bits per heavy atom. The highest BCUT2D eigenvalue weighted by atomic mass is 16.5. The van der Waals surface area contributed by atoms with Crippen molar-refractivity contribution in [2.45, 2.75) is 6.54 Å². The maximum absolute atomic E-state index is 12.1. The van der Waals surface area contributed by atoms with Gasteiger partial charge in [0.1, 0.15) is 5.76 Å². The molecule has 0 atom stereocenters. The van der Waals surface area contributed by atoms with Crippen LogP contribution in [0, 0.1) is 0 Å². The molecule has 114 valence electrons. The summed E-state index contributed by atoms with van der Waals surface area (Å²) in [5.74, 6) is 0.00959. The topological polar surface area (TPSA) is 59.8 Å². The van der Waals surface area contributed by atoms with Crippen molar-refractivity contribution in [1.82, 2.24) is 4.90 Å². The van der Waals surface area contributed by atoms with Crippen LogP contribution in [0.5, 0.6) is 0 Å². The van der Waals surface area contributed by atoms with Crippen molar-refractivity contribution in [3.63, 3.8) is 0 Å². The number of likely N-dealkylation sites (N-methyl/N-ethyl adjacent to an activating group) is 1. The maximum atomic E-state index is 12.1. The quantitative estimate of drug-likeness (QED) is 0.629. The van der Waals surface area contributed by atoms with Gasteiger partial charge in [-0.3, -0.25) is 4.79 Å². The van der Waals surface area contributed by atoms with Gasteiger partial charge in [-0.25, -0.2) is 4.79 Å². The summed E-state index contributed by atoms with van der Waals surface area (Å²) in [6.07, 6.45) is 4.57. The van der Waals surface area contributed by atoms with Crippen molar-refractivity contribution in [1.29, 1.82) is 0 Å². The van der Waals surface area contributed by atoms with Crippen LogP contribution in [0.25, 0.3) is 6.08 Å². The molecular formula is C17H17NO4. The molecule has 5 nitrogen and oxygen atoms in total. The molecule has 1 aromatic heterocycles. The van der Waals surface area contributed by atoms with Gasteiger partial charge in [0.2, 0.25) is 5.91 Å². The van der Waals surface area contributed by atoms with Crippen LogP contribution in [0.1, 0.15) is 21.7 Å². The summed E-state index contributed by atoms with van der Waals surface area (Å²) in [6, 6.07) is 10.6. The Morgan fingerprint density at radius 2 is 2.00 bits per heavy atom. The van der Waals surface area contributed by atoms with Crippen LogP contribution in [0.15, 0.2) is 53.2 Å². The third-order valence-corrected chi connectivity index (χ3v) is 3.14. The Hall–Kier alpha value is -2.82. The van der Waals surface area contributed by atoms with E-state index in [1.54, 1.807) is 49.7 Å². The number of esters is 1. The van der Waals surface area contributed by atoms with Crippen molar-refractivity contribution in [2.75, 3.05) is 14.2 Å². The van der Waals surface area contributed by atoms with E-state index in [1.165, 1.54) is 18.1 Å². The SMILES string of the molecule is COC(=O)c1ccccc1CN(C)C(=O)/C=C\c1ccco1. The fourth-order valence-corrected chi connectivity index (χ4v) is 1.97.